The number of benzene rings is 1. The van der Waals surface area contributed by atoms with E-state index in [-0.39, 0.29) is 29.6 Å². The Labute approximate surface area is 153 Å². The van der Waals surface area contributed by atoms with Crippen LogP contribution < -0.4 is 5.32 Å². The van der Waals surface area contributed by atoms with Crippen molar-refractivity contribution >= 4 is 5.91 Å². The molecule has 2 saturated heterocycles. The Morgan fingerprint density at radius 3 is 2.73 bits per heavy atom. The maximum Gasteiger partial charge on any atom is 0.228 e. The summed E-state index contributed by atoms with van der Waals surface area (Å²) in [7, 11) is 1.90. The fourth-order valence-corrected chi connectivity index (χ4v) is 4.36. The molecule has 1 aromatic carbocycles. The number of nitrogens with one attached hydrogen (secondary N) is 1. The minimum absolute atomic E-state index is 0.0481. The number of amides is 1. The van der Waals surface area contributed by atoms with Crippen LogP contribution in [0.4, 0.5) is 4.39 Å². The second kappa shape index (κ2) is 7.19. The maximum atomic E-state index is 13.4. The van der Waals surface area contributed by atoms with Crippen LogP contribution in [0.1, 0.15) is 42.3 Å². The summed E-state index contributed by atoms with van der Waals surface area (Å²) in [6.07, 6.45) is 6.94. The Hall–Kier alpha value is -2.21. The minimum atomic E-state index is -0.237. The predicted molar refractivity (Wildman–Crippen MR) is 97.0 cm³/mol. The molecule has 5 nitrogen and oxygen atoms in total. The van der Waals surface area contributed by atoms with E-state index in [1.807, 2.05) is 36.5 Å². The minimum Gasteiger partial charge on any atom is -0.335 e. The highest BCUT2D eigenvalue weighted by Gasteiger charge is 2.39. The van der Waals surface area contributed by atoms with Crippen LogP contribution in [-0.4, -0.2) is 40.2 Å². The molecule has 1 amide bonds. The third-order valence-electron chi connectivity index (χ3n) is 5.73. The van der Waals surface area contributed by atoms with Gasteiger partial charge in [-0.3, -0.25) is 9.48 Å². The molecule has 2 aromatic rings. The van der Waals surface area contributed by atoms with Crippen molar-refractivity contribution in [2.45, 2.75) is 31.2 Å². The largest absolute Gasteiger partial charge is 0.335 e. The molecule has 3 atom stereocenters. The average molecular weight is 356 g/mol. The van der Waals surface area contributed by atoms with Gasteiger partial charge in [0.1, 0.15) is 5.82 Å². The summed E-state index contributed by atoms with van der Waals surface area (Å²) in [5.74, 6) is 0.0594. The highest BCUT2D eigenvalue weighted by Crippen LogP contribution is 2.36. The first-order valence-corrected chi connectivity index (χ1v) is 9.38. The first-order chi connectivity index (χ1) is 12.6. The summed E-state index contributed by atoms with van der Waals surface area (Å²) in [5.41, 5.74) is 2.15. The van der Waals surface area contributed by atoms with E-state index in [1.165, 1.54) is 12.1 Å². The molecule has 0 spiro atoms. The molecule has 2 fully saturated rings. The zero-order valence-corrected chi connectivity index (χ0v) is 15.1. The molecule has 1 unspecified atom stereocenters. The number of hydrogen-bond donors (Lipinski definition) is 1. The standard InChI is InChI=1S/C20H25FN4O/c1-24-13-15(10-23-24)17-11-22-12-18(17)20(26)25-9-3-2-4-19(25)14-5-7-16(21)8-6-14/h5-8,10,13,17-19,22H,2-4,9,11-12H2,1H3/t17-,18+,19?/m1/s1. The predicted octanol–water partition coefficient (Wildman–Crippen LogP) is 2.62. The van der Waals surface area contributed by atoms with Gasteiger partial charge in [-0.1, -0.05) is 12.1 Å². The molecule has 26 heavy (non-hydrogen) atoms. The molecule has 0 saturated carbocycles. The van der Waals surface area contributed by atoms with Gasteiger partial charge >= 0.3 is 0 Å². The van der Waals surface area contributed by atoms with E-state index in [1.54, 1.807) is 4.68 Å². The molecule has 6 heteroatoms. The molecular formula is C20H25FN4O. The van der Waals surface area contributed by atoms with E-state index in [2.05, 4.69) is 10.4 Å². The maximum absolute atomic E-state index is 13.4. The van der Waals surface area contributed by atoms with Crippen molar-refractivity contribution in [1.29, 1.82) is 0 Å². The van der Waals surface area contributed by atoms with Gasteiger partial charge in [0.15, 0.2) is 0 Å². The van der Waals surface area contributed by atoms with E-state index in [9.17, 15) is 9.18 Å². The molecule has 4 rings (SSSR count). The van der Waals surface area contributed by atoms with E-state index in [0.717, 1.165) is 43.5 Å². The topological polar surface area (TPSA) is 50.2 Å². The molecule has 0 radical (unpaired) electrons. The van der Waals surface area contributed by atoms with Crippen LogP contribution in [0.2, 0.25) is 0 Å². The quantitative estimate of drug-likeness (QED) is 0.920. The van der Waals surface area contributed by atoms with E-state index >= 15 is 0 Å². The van der Waals surface area contributed by atoms with Crippen LogP contribution in [0, 0.1) is 11.7 Å². The van der Waals surface area contributed by atoms with Crippen molar-refractivity contribution in [3.63, 3.8) is 0 Å². The summed E-state index contributed by atoms with van der Waals surface area (Å²) in [6, 6.07) is 6.66. The van der Waals surface area contributed by atoms with Gasteiger partial charge in [-0.2, -0.15) is 5.10 Å². The average Bonchev–Trinajstić information content (AvgIpc) is 3.30. The van der Waals surface area contributed by atoms with Crippen molar-refractivity contribution in [3.05, 3.63) is 53.6 Å². The number of hydrogen-bond acceptors (Lipinski definition) is 3. The van der Waals surface area contributed by atoms with Crippen LogP contribution in [0.3, 0.4) is 0 Å². The number of carbonyl (C=O) groups excluding carboxylic acids is 1. The lowest BCUT2D eigenvalue weighted by Crippen LogP contribution is -2.43. The number of nitrogens with zero attached hydrogens (tertiary/aromatic N) is 3. The molecular weight excluding hydrogens is 331 g/mol. The van der Waals surface area contributed by atoms with Crippen molar-refractivity contribution in [2.75, 3.05) is 19.6 Å². The van der Waals surface area contributed by atoms with Gasteiger partial charge in [0.05, 0.1) is 18.2 Å². The normalized spacial score (nSPS) is 26.2. The zero-order chi connectivity index (χ0) is 18.1. The third-order valence-corrected chi connectivity index (χ3v) is 5.73. The van der Waals surface area contributed by atoms with Crippen LogP contribution >= 0.6 is 0 Å². The summed E-state index contributed by atoms with van der Waals surface area (Å²) in [4.78, 5) is 15.5. The molecule has 1 aromatic heterocycles. The molecule has 2 aliphatic heterocycles. The number of carbonyl (C=O) groups is 1. The molecule has 1 N–H and O–H groups in total. The second-order valence-electron chi connectivity index (χ2n) is 7.41. The number of rotatable bonds is 3. The Bertz CT molecular complexity index is 772. The van der Waals surface area contributed by atoms with Gasteiger partial charge in [-0.05, 0) is 42.5 Å². The Morgan fingerprint density at radius 2 is 2.00 bits per heavy atom. The zero-order valence-electron chi connectivity index (χ0n) is 15.1. The van der Waals surface area contributed by atoms with E-state index < -0.39 is 0 Å². The highest BCUT2D eigenvalue weighted by atomic mass is 19.1. The summed E-state index contributed by atoms with van der Waals surface area (Å²) >= 11 is 0. The first kappa shape index (κ1) is 17.2. The summed E-state index contributed by atoms with van der Waals surface area (Å²) < 4.78 is 15.1. The van der Waals surface area contributed by atoms with Gasteiger partial charge in [0, 0.05) is 38.8 Å². The van der Waals surface area contributed by atoms with Crippen molar-refractivity contribution in [3.8, 4) is 0 Å². The first-order valence-electron chi connectivity index (χ1n) is 9.38. The van der Waals surface area contributed by atoms with Gasteiger partial charge in [-0.15, -0.1) is 0 Å². The molecule has 0 aliphatic carbocycles. The van der Waals surface area contributed by atoms with Crippen LogP contribution in [-0.2, 0) is 11.8 Å². The fourth-order valence-electron chi connectivity index (χ4n) is 4.36. The van der Waals surface area contributed by atoms with Crippen molar-refractivity contribution < 1.29 is 9.18 Å². The van der Waals surface area contributed by atoms with Gasteiger partial charge < -0.3 is 10.2 Å². The van der Waals surface area contributed by atoms with Gasteiger partial charge in [0.2, 0.25) is 5.91 Å². The number of halogens is 1. The van der Waals surface area contributed by atoms with Crippen LogP contribution in [0.5, 0.6) is 0 Å². The van der Waals surface area contributed by atoms with Crippen molar-refractivity contribution in [1.82, 2.24) is 20.0 Å². The molecule has 3 heterocycles. The van der Waals surface area contributed by atoms with Gasteiger partial charge in [-0.25, -0.2) is 4.39 Å². The Morgan fingerprint density at radius 1 is 1.19 bits per heavy atom. The third kappa shape index (κ3) is 3.26. The van der Waals surface area contributed by atoms with Crippen LogP contribution in [0.15, 0.2) is 36.7 Å². The van der Waals surface area contributed by atoms with Crippen LogP contribution in [0.25, 0.3) is 0 Å². The van der Waals surface area contributed by atoms with E-state index in [0.29, 0.717) is 6.54 Å². The molecule has 0 bridgehead atoms. The molecule has 2 aliphatic rings. The van der Waals surface area contributed by atoms with Gasteiger partial charge in [0.25, 0.3) is 0 Å². The lowest BCUT2D eigenvalue weighted by Gasteiger charge is -2.38. The highest BCUT2D eigenvalue weighted by molar-refractivity contribution is 5.81. The van der Waals surface area contributed by atoms with E-state index in [4.69, 9.17) is 0 Å². The lowest BCUT2D eigenvalue weighted by molar-refractivity contribution is -0.139. The second-order valence-corrected chi connectivity index (χ2v) is 7.41. The smallest absolute Gasteiger partial charge is 0.228 e. The monoisotopic (exact) mass is 356 g/mol. The number of aryl methyl sites for hydroxylation is 1. The Kier molecular flexibility index (Phi) is 4.76. The Balaban J connectivity index is 1.57. The number of aromatic nitrogens is 2. The summed E-state index contributed by atoms with van der Waals surface area (Å²) in [6.45, 7) is 2.28. The fraction of sp³-hybridized carbons (Fsp3) is 0.500. The van der Waals surface area contributed by atoms with Crippen molar-refractivity contribution in [2.24, 2.45) is 13.0 Å². The number of likely N-dealkylation sites (tertiary alicyclic amines) is 1. The SMILES string of the molecule is Cn1cc([C@H]2CNC[C@@H]2C(=O)N2CCCCC2c2ccc(F)cc2)cn1. The summed E-state index contributed by atoms with van der Waals surface area (Å²) in [5, 5.41) is 7.64. The number of piperidine rings is 1. The lowest BCUT2D eigenvalue weighted by atomic mass is 9.87. The molecule has 138 valence electrons.